The normalized spacial score (nSPS) is 14.7. The summed E-state index contributed by atoms with van der Waals surface area (Å²) < 4.78 is 1.89. The van der Waals surface area contributed by atoms with Crippen molar-refractivity contribution in [2.24, 2.45) is 0 Å². The van der Waals surface area contributed by atoms with E-state index in [0.717, 1.165) is 30.2 Å². The fourth-order valence-electron chi connectivity index (χ4n) is 2.85. The molecule has 0 spiro atoms. The van der Waals surface area contributed by atoms with Gasteiger partial charge in [0.15, 0.2) is 0 Å². The number of carbonyl (C=O) groups excluding carboxylic acids is 1. The zero-order valence-electron chi connectivity index (χ0n) is 14.1. The predicted molar refractivity (Wildman–Crippen MR) is 101 cm³/mol. The van der Waals surface area contributed by atoms with Gasteiger partial charge in [-0.15, -0.1) is 16.9 Å². The van der Waals surface area contributed by atoms with Crippen LogP contribution in [0.25, 0.3) is 0 Å². The molecule has 1 amide bonds. The van der Waals surface area contributed by atoms with Crippen LogP contribution in [0.4, 0.5) is 0 Å². The highest BCUT2D eigenvalue weighted by Gasteiger charge is 2.21. The Hall–Kier alpha value is -1.54. The van der Waals surface area contributed by atoms with Gasteiger partial charge in [0.2, 0.25) is 11.1 Å². The Labute approximate surface area is 156 Å². The third kappa shape index (κ3) is 5.74. The van der Waals surface area contributed by atoms with Crippen LogP contribution in [0.2, 0.25) is 0 Å². The van der Waals surface area contributed by atoms with Crippen LogP contribution in [-0.2, 0) is 4.79 Å². The van der Waals surface area contributed by atoms with Crippen LogP contribution in [0.5, 0.6) is 0 Å². The molecule has 1 aliphatic carbocycles. The Morgan fingerprint density at radius 3 is 2.80 bits per heavy atom. The number of carbonyl (C=O) groups is 1. The highest BCUT2D eigenvalue weighted by atomic mass is 32.2. The Bertz CT molecular complexity index is 658. The van der Waals surface area contributed by atoms with Crippen LogP contribution in [0.3, 0.4) is 0 Å². The minimum atomic E-state index is 0.0377. The van der Waals surface area contributed by atoms with E-state index in [0.29, 0.717) is 18.3 Å². The second-order valence-electron chi connectivity index (χ2n) is 6.00. The van der Waals surface area contributed by atoms with E-state index in [1.54, 1.807) is 0 Å². The second-order valence-corrected chi connectivity index (χ2v) is 8.11. The smallest absolute Gasteiger partial charge is 0.230 e. The number of thioether (sulfide) groups is 2. The van der Waals surface area contributed by atoms with Gasteiger partial charge in [-0.1, -0.05) is 42.8 Å². The minimum Gasteiger partial charge on any atom is -0.355 e. The third-order valence-corrected chi connectivity index (χ3v) is 6.15. The van der Waals surface area contributed by atoms with E-state index in [4.69, 9.17) is 0 Å². The van der Waals surface area contributed by atoms with Crippen LogP contribution in [0.15, 0.2) is 40.4 Å². The Morgan fingerprint density at radius 1 is 1.20 bits per heavy atom. The molecule has 0 atom stereocenters. The van der Waals surface area contributed by atoms with E-state index >= 15 is 0 Å². The molecular formula is C17H23N5OS2. The summed E-state index contributed by atoms with van der Waals surface area (Å²) in [6.45, 7) is 0.701. The molecule has 0 unspecified atom stereocenters. The van der Waals surface area contributed by atoms with Crippen LogP contribution in [-0.4, -0.2) is 44.2 Å². The predicted octanol–water partition coefficient (Wildman–Crippen LogP) is 3.18. The van der Waals surface area contributed by atoms with Crippen molar-refractivity contribution < 1.29 is 4.79 Å². The number of nitrogens with zero attached hydrogens (tertiary/aromatic N) is 4. The molecule has 25 heavy (non-hydrogen) atoms. The molecule has 0 saturated heterocycles. The zero-order chi connectivity index (χ0) is 17.3. The van der Waals surface area contributed by atoms with Crippen LogP contribution < -0.4 is 5.32 Å². The van der Waals surface area contributed by atoms with Gasteiger partial charge in [0.25, 0.3) is 0 Å². The number of aromatic nitrogens is 4. The Kier molecular flexibility index (Phi) is 7.17. The number of tetrazole rings is 1. The van der Waals surface area contributed by atoms with Gasteiger partial charge < -0.3 is 5.32 Å². The van der Waals surface area contributed by atoms with Gasteiger partial charge in [-0.25, -0.2) is 4.68 Å². The van der Waals surface area contributed by atoms with E-state index < -0.39 is 0 Å². The van der Waals surface area contributed by atoms with Gasteiger partial charge in [0.1, 0.15) is 0 Å². The molecule has 3 rings (SSSR count). The number of hydrogen-bond donors (Lipinski definition) is 1. The summed E-state index contributed by atoms with van der Waals surface area (Å²) in [6, 6.07) is 10.7. The molecule has 0 radical (unpaired) electrons. The fraction of sp³-hybridized carbons (Fsp3) is 0.529. The zero-order valence-corrected chi connectivity index (χ0v) is 15.8. The number of rotatable bonds is 9. The second kappa shape index (κ2) is 9.82. The molecule has 1 N–H and O–H groups in total. The van der Waals surface area contributed by atoms with Crippen molar-refractivity contribution in [3.8, 4) is 0 Å². The van der Waals surface area contributed by atoms with Gasteiger partial charge in [-0.3, -0.25) is 4.79 Å². The van der Waals surface area contributed by atoms with E-state index in [1.165, 1.54) is 29.5 Å². The van der Waals surface area contributed by atoms with Gasteiger partial charge in [0.05, 0.1) is 11.8 Å². The van der Waals surface area contributed by atoms with Crippen molar-refractivity contribution >= 4 is 29.4 Å². The quantitative estimate of drug-likeness (QED) is 0.534. The van der Waals surface area contributed by atoms with Gasteiger partial charge in [-0.2, -0.15) is 0 Å². The molecule has 6 nitrogen and oxygen atoms in total. The molecular weight excluding hydrogens is 354 g/mol. The molecule has 1 aromatic carbocycles. The first kappa shape index (κ1) is 18.3. The van der Waals surface area contributed by atoms with E-state index in [9.17, 15) is 4.79 Å². The molecule has 134 valence electrons. The summed E-state index contributed by atoms with van der Waals surface area (Å²) in [4.78, 5) is 13.3. The first-order valence-electron chi connectivity index (χ1n) is 8.68. The molecule has 1 heterocycles. The minimum absolute atomic E-state index is 0.0377. The summed E-state index contributed by atoms with van der Waals surface area (Å²) in [6.07, 6.45) is 5.68. The molecule has 1 aliphatic rings. The highest BCUT2D eigenvalue weighted by molar-refractivity contribution is 7.99. The fourth-order valence-corrected chi connectivity index (χ4v) is 4.49. The number of nitrogens with one attached hydrogen (secondary N) is 1. The van der Waals surface area contributed by atoms with E-state index in [1.807, 2.05) is 34.6 Å². The molecule has 0 bridgehead atoms. The number of amides is 1. The maximum Gasteiger partial charge on any atom is 0.230 e. The molecule has 1 saturated carbocycles. The SMILES string of the molecule is O=C(CSc1nnnn1C1CCCC1)NCCCSc1ccccc1. The van der Waals surface area contributed by atoms with Crippen molar-refractivity contribution in [3.63, 3.8) is 0 Å². The lowest BCUT2D eigenvalue weighted by molar-refractivity contribution is -0.118. The summed E-state index contributed by atoms with van der Waals surface area (Å²) in [5, 5.41) is 15.6. The van der Waals surface area contributed by atoms with Crippen molar-refractivity contribution in [2.75, 3.05) is 18.1 Å². The maximum absolute atomic E-state index is 12.0. The molecule has 2 aromatic rings. The van der Waals surface area contributed by atoms with Crippen LogP contribution in [0, 0.1) is 0 Å². The van der Waals surface area contributed by atoms with E-state index in [-0.39, 0.29) is 5.91 Å². The largest absolute Gasteiger partial charge is 0.355 e. The highest BCUT2D eigenvalue weighted by Crippen LogP contribution is 2.31. The summed E-state index contributed by atoms with van der Waals surface area (Å²) >= 11 is 3.23. The molecule has 0 aliphatic heterocycles. The first-order chi connectivity index (χ1) is 12.3. The van der Waals surface area contributed by atoms with Crippen LogP contribution in [0.1, 0.15) is 38.1 Å². The Morgan fingerprint density at radius 2 is 2.00 bits per heavy atom. The van der Waals surface area contributed by atoms with Crippen molar-refractivity contribution in [1.29, 1.82) is 0 Å². The van der Waals surface area contributed by atoms with Crippen LogP contribution >= 0.6 is 23.5 Å². The van der Waals surface area contributed by atoms with Gasteiger partial charge >= 0.3 is 0 Å². The summed E-state index contributed by atoms with van der Waals surface area (Å²) in [5.74, 6) is 1.40. The standard InChI is InChI=1S/C17H23N5OS2/c23-16(18-11-6-12-24-15-9-2-1-3-10-15)13-25-17-19-20-21-22(17)14-7-4-5-8-14/h1-3,9-10,14H,4-8,11-13H2,(H,18,23). The van der Waals surface area contributed by atoms with Crippen molar-refractivity contribution in [3.05, 3.63) is 30.3 Å². The molecule has 1 fully saturated rings. The lowest BCUT2D eigenvalue weighted by Gasteiger charge is -2.10. The number of hydrogen-bond acceptors (Lipinski definition) is 6. The van der Waals surface area contributed by atoms with Gasteiger partial charge in [0, 0.05) is 11.4 Å². The monoisotopic (exact) mass is 377 g/mol. The molecule has 8 heteroatoms. The average molecular weight is 378 g/mol. The lowest BCUT2D eigenvalue weighted by Crippen LogP contribution is -2.26. The average Bonchev–Trinajstić information content (AvgIpc) is 3.31. The number of benzene rings is 1. The van der Waals surface area contributed by atoms with Gasteiger partial charge in [-0.05, 0) is 47.6 Å². The van der Waals surface area contributed by atoms with Crippen molar-refractivity contribution in [2.45, 2.75) is 48.2 Å². The topological polar surface area (TPSA) is 72.7 Å². The summed E-state index contributed by atoms with van der Waals surface area (Å²) in [7, 11) is 0. The van der Waals surface area contributed by atoms with E-state index in [2.05, 4.69) is 33.0 Å². The Balaban J connectivity index is 1.31. The molecule has 1 aromatic heterocycles. The van der Waals surface area contributed by atoms with Crippen molar-refractivity contribution in [1.82, 2.24) is 25.5 Å². The third-order valence-electron chi connectivity index (χ3n) is 4.12. The lowest BCUT2D eigenvalue weighted by atomic mass is 10.3. The maximum atomic E-state index is 12.0. The summed E-state index contributed by atoms with van der Waals surface area (Å²) in [5.41, 5.74) is 0. The first-order valence-corrected chi connectivity index (χ1v) is 10.7.